The smallest absolute Gasteiger partial charge is 0.243 e. The molecule has 79 heavy (non-hydrogen) atoms. The summed E-state index contributed by atoms with van der Waals surface area (Å²) in [5, 5.41) is 23.6. The van der Waals surface area contributed by atoms with E-state index in [1.54, 1.807) is 27.7 Å². The first-order valence-electron chi connectivity index (χ1n) is 27.3. The molecule has 29 heteroatoms. The van der Waals surface area contributed by atoms with Gasteiger partial charge in [-0.3, -0.25) is 57.9 Å². The quantitative estimate of drug-likeness (QED) is 0.0155. The first-order valence-corrected chi connectivity index (χ1v) is 27.3. The lowest BCUT2D eigenvalue weighted by atomic mass is 9.98. The highest BCUT2D eigenvalue weighted by atomic mass is 16.2. The molecule has 8 atom stereocenters. The summed E-state index contributed by atoms with van der Waals surface area (Å²) in [7, 11) is 0. The molecule has 0 spiro atoms. The molecule has 0 aliphatic rings. The molecule has 0 aliphatic heterocycles. The van der Waals surface area contributed by atoms with E-state index < -0.39 is 132 Å². The van der Waals surface area contributed by atoms with Crippen molar-refractivity contribution < 1.29 is 47.9 Å². The maximum Gasteiger partial charge on any atom is 0.243 e. The average molecular weight is 1120 g/mol. The minimum atomic E-state index is -1.24. The number of nitrogens with two attached hydrogens (primary N) is 8. The molecule has 0 aromatic rings. The number of amides is 10. The molecular weight excluding hydrogens is 1030 g/mol. The van der Waals surface area contributed by atoms with Gasteiger partial charge in [-0.1, -0.05) is 55.4 Å². The van der Waals surface area contributed by atoms with Gasteiger partial charge in [-0.25, -0.2) is 0 Å². The van der Waals surface area contributed by atoms with Crippen LogP contribution >= 0.6 is 0 Å². The van der Waals surface area contributed by atoms with Gasteiger partial charge in [-0.05, 0) is 114 Å². The van der Waals surface area contributed by atoms with Crippen LogP contribution in [0.1, 0.15) is 132 Å². The lowest BCUT2D eigenvalue weighted by molar-refractivity contribution is -0.136. The Morgan fingerprint density at radius 2 is 0.747 bits per heavy atom. The van der Waals surface area contributed by atoms with E-state index in [1.807, 2.05) is 27.7 Å². The predicted octanol–water partition coefficient (Wildman–Crippen LogP) is -4.81. The Labute approximate surface area is 465 Å². The van der Waals surface area contributed by atoms with Crippen LogP contribution in [0.2, 0.25) is 0 Å². The van der Waals surface area contributed by atoms with Crippen molar-refractivity contribution in [2.24, 2.45) is 79.5 Å². The fourth-order valence-electron chi connectivity index (χ4n) is 7.82. The Balaban J connectivity index is 6.23. The van der Waals surface area contributed by atoms with Crippen LogP contribution in [0.4, 0.5) is 0 Å². The Morgan fingerprint density at radius 1 is 0.392 bits per heavy atom. The molecule has 10 amide bonds. The Kier molecular flexibility index (Phi) is 36.0. The summed E-state index contributed by atoms with van der Waals surface area (Å²) in [6.07, 6.45) is 3.59. The van der Waals surface area contributed by atoms with Crippen LogP contribution in [0, 0.1) is 23.7 Å². The fraction of sp³-hybridized carbons (Fsp3) is 0.760. The van der Waals surface area contributed by atoms with Crippen molar-refractivity contribution in [1.29, 1.82) is 0 Å². The number of hydrogen-bond acceptors (Lipinski definition) is 15. The van der Waals surface area contributed by atoms with E-state index in [4.69, 9.17) is 45.9 Å². The van der Waals surface area contributed by atoms with Crippen LogP contribution in [0.3, 0.4) is 0 Å². The lowest BCUT2D eigenvalue weighted by Gasteiger charge is -2.30. The van der Waals surface area contributed by atoms with Gasteiger partial charge in [-0.2, -0.15) is 0 Å². The average Bonchev–Trinajstić information content (AvgIpc) is 3.35. The minimum Gasteiger partial charge on any atom is -0.370 e. The van der Waals surface area contributed by atoms with Crippen molar-refractivity contribution in [3.05, 3.63) is 0 Å². The monoisotopic (exact) mass is 1120 g/mol. The van der Waals surface area contributed by atoms with E-state index in [1.165, 1.54) is 0 Å². The number of nitrogens with one attached hydrogen (secondary N) is 9. The summed E-state index contributed by atoms with van der Waals surface area (Å²) in [5.41, 5.74) is 44.5. The van der Waals surface area contributed by atoms with Crippen molar-refractivity contribution >= 4 is 71.0 Å². The van der Waals surface area contributed by atoms with E-state index >= 15 is 0 Å². The standard InChI is InChI=1S/C50H97N19O10/c1-27(2)23-35(43(74)61-25-37(70)63-32(41(54)72)16-9-11-19-51)64-38(71)26-62-44(75)36(24-28(3)4)67-45(76)33(17-10-12-20-52)66-47(78)39(29(5)6)69-48(79)40(30(7)8)68-46(77)34(18-14-22-60-50(57)58)65-42(73)31(53)15-13-21-59-49(55)56/h27-36,39-40H,9-26,51-53H2,1-8H3,(H2,54,72)(H,61,74)(H,62,75)(H,63,70)(H,64,71)(H,65,73)(H,66,78)(H,67,76)(H,68,77)(H,69,79)(H4,55,56,59)(H4,57,58,60)/t31-,32-,33-,34-,35-,36-,39-,40-/m0/s1. The second-order valence-electron chi connectivity index (χ2n) is 21.1. The third-order valence-corrected chi connectivity index (χ3v) is 12.1. The van der Waals surface area contributed by atoms with Gasteiger partial charge < -0.3 is 93.7 Å². The van der Waals surface area contributed by atoms with E-state index in [0.717, 1.165) is 0 Å². The van der Waals surface area contributed by atoms with Gasteiger partial charge in [-0.15, -0.1) is 0 Å². The van der Waals surface area contributed by atoms with Crippen molar-refractivity contribution in [3.8, 4) is 0 Å². The molecule has 25 N–H and O–H groups in total. The van der Waals surface area contributed by atoms with Gasteiger partial charge in [0.25, 0.3) is 0 Å². The van der Waals surface area contributed by atoms with Crippen molar-refractivity contribution in [2.45, 2.75) is 181 Å². The van der Waals surface area contributed by atoms with Gasteiger partial charge in [0.15, 0.2) is 11.9 Å². The topological polar surface area (TPSA) is 512 Å². The number of carbonyl (C=O) groups is 10. The highest BCUT2D eigenvalue weighted by molar-refractivity contribution is 5.98. The maximum atomic E-state index is 14.1. The van der Waals surface area contributed by atoms with E-state index in [9.17, 15) is 47.9 Å². The molecule has 452 valence electrons. The largest absolute Gasteiger partial charge is 0.370 e. The van der Waals surface area contributed by atoms with Gasteiger partial charge in [0.2, 0.25) is 59.1 Å². The molecule has 0 aromatic heterocycles. The Morgan fingerprint density at radius 3 is 1.16 bits per heavy atom. The van der Waals surface area contributed by atoms with E-state index in [0.29, 0.717) is 38.6 Å². The summed E-state index contributed by atoms with van der Waals surface area (Å²) >= 11 is 0. The number of primary amides is 1. The van der Waals surface area contributed by atoms with Gasteiger partial charge in [0.05, 0.1) is 19.1 Å². The SMILES string of the molecule is CC(C)C[C@H](NC(=O)CNC(=O)[C@H](CC(C)C)NC(=O)[C@H](CCCCN)NC(=O)[C@@H](NC(=O)[C@@H](NC(=O)[C@H](CCCN=C(N)N)NC(=O)[C@@H](N)CCCN=C(N)N)C(C)C)C(C)C)C(=O)NCC(=O)N[C@@H](CCCCN)C(N)=O. The second-order valence-corrected chi connectivity index (χ2v) is 21.1. The Bertz CT molecular complexity index is 2010. The third kappa shape index (κ3) is 32.0. The molecule has 0 heterocycles. The first-order chi connectivity index (χ1) is 37.0. The highest BCUT2D eigenvalue weighted by Gasteiger charge is 2.35. The van der Waals surface area contributed by atoms with Crippen LogP contribution in [-0.2, 0) is 47.9 Å². The number of rotatable bonds is 41. The van der Waals surface area contributed by atoms with Crippen LogP contribution in [0.5, 0.6) is 0 Å². The van der Waals surface area contributed by atoms with Crippen molar-refractivity contribution in [2.75, 3.05) is 39.3 Å². The highest BCUT2D eigenvalue weighted by Crippen LogP contribution is 2.13. The Hall–Kier alpha value is -6.88. The summed E-state index contributed by atoms with van der Waals surface area (Å²) in [5.74, 6) is -8.71. The maximum absolute atomic E-state index is 14.1. The van der Waals surface area contributed by atoms with Gasteiger partial charge in [0.1, 0.15) is 42.3 Å². The summed E-state index contributed by atoms with van der Waals surface area (Å²) < 4.78 is 0. The molecule has 0 saturated heterocycles. The van der Waals surface area contributed by atoms with Crippen molar-refractivity contribution in [3.63, 3.8) is 0 Å². The van der Waals surface area contributed by atoms with Crippen LogP contribution in [0.15, 0.2) is 9.98 Å². The van der Waals surface area contributed by atoms with Gasteiger partial charge in [0, 0.05) is 13.1 Å². The molecule has 0 bridgehead atoms. The molecule has 0 radical (unpaired) electrons. The molecular formula is C50H97N19O10. The van der Waals surface area contributed by atoms with Gasteiger partial charge >= 0.3 is 0 Å². The van der Waals surface area contributed by atoms with Crippen molar-refractivity contribution in [1.82, 2.24) is 47.9 Å². The zero-order valence-electron chi connectivity index (χ0n) is 47.8. The van der Waals surface area contributed by atoms with E-state index in [2.05, 4.69) is 57.8 Å². The summed E-state index contributed by atoms with van der Waals surface area (Å²) in [6.45, 7) is 13.9. The molecule has 0 saturated carbocycles. The molecule has 0 aromatic carbocycles. The third-order valence-electron chi connectivity index (χ3n) is 12.1. The number of nitrogens with zero attached hydrogens (tertiary/aromatic N) is 2. The number of hydrogen-bond donors (Lipinski definition) is 17. The zero-order valence-corrected chi connectivity index (χ0v) is 47.8. The minimum absolute atomic E-state index is 0.0600. The molecule has 0 fully saturated rings. The number of carbonyl (C=O) groups excluding carboxylic acids is 10. The van der Waals surface area contributed by atoms with Crippen LogP contribution in [-0.4, -0.2) is 159 Å². The lowest BCUT2D eigenvalue weighted by Crippen LogP contribution is -2.61. The number of guanidine groups is 2. The predicted molar refractivity (Wildman–Crippen MR) is 301 cm³/mol. The molecule has 29 nitrogen and oxygen atoms in total. The molecule has 0 aliphatic carbocycles. The first kappa shape index (κ1) is 72.1. The number of aliphatic imine (C=N–C) groups is 2. The molecule has 0 rings (SSSR count). The zero-order chi connectivity index (χ0) is 60.4. The fourth-order valence-corrected chi connectivity index (χ4v) is 7.82. The number of unbranched alkanes of at least 4 members (excludes halogenated alkanes) is 2. The normalized spacial score (nSPS) is 14.2. The molecule has 0 unspecified atom stereocenters. The van der Waals surface area contributed by atoms with Crippen LogP contribution < -0.4 is 93.7 Å². The van der Waals surface area contributed by atoms with E-state index in [-0.39, 0.29) is 88.3 Å². The second kappa shape index (κ2) is 39.5. The summed E-state index contributed by atoms with van der Waals surface area (Å²) in [6, 6.07) is -9.13. The van der Waals surface area contributed by atoms with Crippen LogP contribution in [0.25, 0.3) is 0 Å². The summed E-state index contributed by atoms with van der Waals surface area (Å²) in [4.78, 5) is 142.